The molecule has 0 unspecified atom stereocenters. The van der Waals surface area contributed by atoms with Crippen molar-refractivity contribution < 1.29 is 5.11 Å². The van der Waals surface area contributed by atoms with E-state index in [0.717, 1.165) is 35.9 Å². The molecule has 0 atom stereocenters. The predicted octanol–water partition coefficient (Wildman–Crippen LogP) is 3.90. The van der Waals surface area contributed by atoms with E-state index >= 15 is 0 Å². The number of unbranched alkanes of at least 4 members (excludes halogenated alkanes) is 1. The van der Waals surface area contributed by atoms with E-state index in [1.807, 2.05) is 6.07 Å². The second-order valence-corrected chi connectivity index (χ2v) is 4.81. The highest BCUT2D eigenvalue weighted by Crippen LogP contribution is 2.31. The molecule has 17 heavy (non-hydrogen) atoms. The molecule has 0 aliphatic rings. The van der Waals surface area contributed by atoms with Crippen LogP contribution in [0.1, 0.15) is 30.9 Å². The van der Waals surface area contributed by atoms with E-state index in [4.69, 9.17) is 11.6 Å². The van der Waals surface area contributed by atoms with Crippen molar-refractivity contribution in [1.29, 1.82) is 0 Å². The molecule has 1 N–H and O–H groups in total. The first-order valence-electron chi connectivity index (χ1n) is 6.07. The topological polar surface area (TPSA) is 25.2 Å². The lowest BCUT2D eigenvalue weighted by atomic mass is 10.1. The summed E-state index contributed by atoms with van der Waals surface area (Å²) >= 11 is 6.34. The van der Waals surface area contributed by atoms with Crippen molar-refractivity contribution in [3.05, 3.63) is 34.5 Å². The minimum atomic E-state index is -0.00246. The first-order chi connectivity index (χ1) is 8.19. The fourth-order valence-electron chi connectivity index (χ4n) is 2.19. The van der Waals surface area contributed by atoms with Gasteiger partial charge in [0.25, 0.3) is 0 Å². The molecule has 1 aromatic carbocycles. The number of aliphatic hydroxyl groups is 1. The van der Waals surface area contributed by atoms with Crippen molar-refractivity contribution in [3.63, 3.8) is 0 Å². The number of hydrogen-bond donors (Lipinski definition) is 1. The van der Waals surface area contributed by atoms with Crippen LogP contribution in [-0.4, -0.2) is 9.67 Å². The van der Waals surface area contributed by atoms with Gasteiger partial charge in [0.2, 0.25) is 0 Å². The molecule has 0 aliphatic heterocycles. The number of benzene rings is 1. The number of aromatic nitrogens is 1. The summed E-state index contributed by atoms with van der Waals surface area (Å²) in [6.45, 7) is 5.15. The molecule has 0 saturated heterocycles. The number of rotatable bonds is 4. The van der Waals surface area contributed by atoms with E-state index in [9.17, 15) is 5.11 Å². The Kier molecular flexibility index (Phi) is 3.75. The van der Waals surface area contributed by atoms with Gasteiger partial charge < -0.3 is 9.67 Å². The van der Waals surface area contributed by atoms with Gasteiger partial charge in [0.1, 0.15) is 5.15 Å². The molecule has 3 heteroatoms. The summed E-state index contributed by atoms with van der Waals surface area (Å²) in [7, 11) is 0. The van der Waals surface area contributed by atoms with Gasteiger partial charge in [0, 0.05) is 23.0 Å². The van der Waals surface area contributed by atoms with Gasteiger partial charge in [-0.15, -0.1) is 0 Å². The number of aliphatic hydroxyl groups excluding tert-OH is 1. The average Bonchev–Trinajstić information content (AvgIpc) is 2.58. The third kappa shape index (κ3) is 2.20. The molecule has 2 nitrogen and oxygen atoms in total. The van der Waals surface area contributed by atoms with Crippen LogP contribution in [0.15, 0.2) is 18.2 Å². The van der Waals surface area contributed by atoms with Crippen molar-refractivity contribution in [2.45, 2.75) is 39.8 Å². The van der Waals surface area contributed by atoms with Gasteiger partial charge in [-0.05, 0) is 25.0 Å². The van der Waals surface area contributed by atoms with E-state index in [1.54, 1.807) is 0 Å². The van der Waals surface area contributed by atoms with E-state index < -0.39 is 0 Å². The highest BCUT2D eigenvalue weighted by Gasteiger charge is 2.14. The zero-order valence-corrected chi connectivity index (χ0v) is 11.1. The lowest BCUT2D eigenvalue weighted by Gasteiger charge is -2.06. The van der Waals surface area contributed by atoms with Crippen molar-refractivity contribution in [2.75, 3.05) is 0 Å². The van der Waals surface area contributed by atoms with Crippen LogP contribution in [0.2, 0.25) is 5.15 Å². The fourth-order valence-corrected chi connectivity index (χ4v) is 2.52. The summed E-state index contributed by atoms with van der Waals surface area (Å²) in [5.74, 6) is 0. The molecule has 92 valence electrons. The number of fused-ring (bicyclic) bond motifs is 1. The molecule has 0 aliphatic carbocycles. The molecule has 0 spiro atoms. The zero-order chi connectivity index (χ0) is 12.4. The second kappa shape index (κ2) is 5.11. The van der Waals surface area contributed by atoms with Crippen molar-refractivity contribution in [2.24, 2.45) is 0 Å². The van der Waals surface area contributed by atoms with Gasteiger partial charge in [-0.25, -0.2) is 0 Å². The molecular formula is C14H18ClNO. The predicted molar refractivity (Wildman–Crippen MR) is 72.5 cm³/mol. The minimum absolute atomic E-state index is 0.00246. The van der Waals surface area contributed by atoms with Gasteiger partial charge in [-0.3, -0.25) is 0 Å². The van der Waals surface area contributed by atoms with Crippen LogP contribution >= 0.6 is 11.6 Å². The number of halogens is 1. The molecule has 1 aromatic heterocycles. The molecule has 0 radical (unpaired) electrons. The standard InChI is InChI=1S/C14H18ClNO/c1-3-4-7-16-13-8-10(2)5-6-11(13)12(9-17)14(16)15/h5-6,8,17H,3-4,7,9H2,1-2H3. The third-order valence-electron chi connectivity index (χ3n) is 3.15. The molecule has 2 rings (SSSR count). The lowest BCUT2D eigenvalue weighted by molar-refractivity contribution is 0.283. The SMILES string of the molecule is CCCCn1c(Cl)c(CO)c2ccc(C)cc21. The Labute approximate surface area is 107 Å². The molecular weight excluding hydrogens is 234 g/mol. The Morgan fingerprint density at radius 3 is 2.76 bits per heavy atom. The summed E-state index contributed by atoms with van der Waals surface area (Å²) in [6, 6.07) is 6.24. The monoisotopic (exact) mass is 251 g/mol. The van der Waals surface area contributed by atoms with Gasteiger partial charge in [0.05, 0.1) is 6.61 Å². The van der Waals surface area contributed by atoms with Crippen LogP contribution in [0.5, 0.6) is 0 Å². The number of hydrogen-bond acceptors (Lipinski definition) is 1. The Bertz CT molecular complexity index is 530. The van der Waals surface area contributed by atoms with Gasteiger partial charge in [-0.1, -0.05) is 37.1 Å². The lowest BCUT2D eigenvalue weighted by Crippen LogP contribution is -1.97. The smallest absolute Gasteiger partial charge is 0.115 e. The Hall–Kier alpha value is -0.990. The van der Waals surface area contributed by atoms with Crippen LogP contribution < -0.4 is 0 Å². The Morgan fingerprint density at radius 2 is 2.12 bits per heavy atom. The van der Waals surface area contributed by atoms with E-state index in [0.29, 0.717) is 5.15 Å². The highest BCUT2D eigenvalue weighted by atomic mass is 35.5. The van der Waals surface area contributed by atoms with Crippen LogP contribution in [0.4, 0.5) is 0 Å². The summed E-state index contributed by atoms with van der Waals surface area (Å²) in [5, 5.41) is 11.2. The van der Waals surface area contributed by atoms with Crippen molar-refractivity contribution in [3.8, 4) is 0 Å². The first-order valence-corrected chi connectivity index (χ1v) is 6.45. The first kappa shape index (κ1) is 12.5. The quantitative estimate of drug-likeness (QED) is 0.876. The summed E-state index contributed by atoms with van der Waals surface area (Å²) in [5.41, 5.74) is 3.19. The van der Waals surface area contributed by atoms with E-state index in [2.05, 4.69) is 30.5 Å². The van der Waals surface area contributed by atoms with Gasteiger partial charge >= 0.3 is 0 Å². The summed E-state index contributed by atoms with van der Waals surface area (Å²) in [4.78, 5) is 0. The molecule has 0 fully saturated rings. The normalized spacial score (nSPS) is 11.3. The van der Waals surface area contributed by atoms with Crippen LogP contribution in [0.3, 0.4) is 0 Å². The van der Waals surface area contributed by atoms with Crippen LogP contribution in [0.25, 0.3) is 10.9 Å². The van der Waals surface area contributed by atoms with Gasteiger partial charge in [0.15, 0.2) is 0 Å². The van der Waals surface area contributed by atoms with Crippen LogP contribution in [0, 0.1) is 6.92 Å². The highest BCUT2D eigenvalue weighted by molar-refractivity contribution is 6.32. The fraction of sp³-hybridized carbons (Fsp3) is 0.429. The molecule has 2 aromatic rings. The number of nitrogens with zero attached hydrogens (tertiary/aromatic N) is 1. The minimum Gasteiger partial charge on any atom is -0.392 e. The Balaban J connectivity index is 2.62. The maximum Gasteiger partial charge on any atom is 0.115 e. The largest absolute Gasteiger partial charge is 0.392 e. The molecule has 0 saturated carbocycles. The maximum absolute atomic E-state index is 9.43. The summed E-state index contributed by atoms with van der Waals surface area (Å²) in [6.07, 6.45) is 2.23. The molecule has 0 amide bonds. The zero-order valence-electron chi connectivity index (χ0n) is 10.3. The van der Waals surface area contributed by atoms with E-state index in [-0.39, 0.29) is 6.61 Å². The van der Waals surface area contributed by atoms with Crippen molar-refractivity contribution in [1.82, 2.24) is 4.57 Å². The van der Waals surface area contributed by atoms with E-state index in [1.165, 1.54) is 5.56 Å². The maximum atomic E-state index is 9.43. The number of aryl methyl sites for hydroxylation is 2. The van der Waals surface area contributed by atoms with Gasteiger partial charge in [-0.2, -0.15) is 0 Å². The second-order valence-electron chi connectivity index (χ2n) is 4.45. The molecule has 0 bridgehead atoms. The third-order valence-corrected chi connectivity index (χ3v) is 3.58. The van der Waals surface area contributed by atoms with Crippen molar-refractivity contribution >= 4 is 22.5 Å². The molecule has 1 heterocycles. The van der Waals surface area contributed by atoms with Crippen LogP contribution in [-0.2, 0) is 13.2 Å². The Morgan fingerprint density at radius 1 is 1.35 bits per heavy atom. The summed E-state index contributed by atoms with van der Waals surface area (Å²) < 4.78 is 2.11. The average molecular weight is 252 g/mol.